The second-order valence-corrected chi connectivity index (χ2v) is 5.50. The Morgan fingerprint density at radius 3 is 2.57 bits per heavy atom. The fourth-order valence-electron chi connectivity index (χ4n) is 2.02. The van der Waals surface area contributed by atoms with Crippen molar-refractivity contribution in [2.45, 2.75) is 52.1 Å². The van der Waals surface area contributed by atoms with E-state index in [0.29, 0.717) is 5.92 Å². The Morgan fingerprint density at radius 1 is 1.43 bits per heavy atom. The van der Waals surface area contributed by atoms with E-state index < -0.39 is 5.60 Å². The predicted molar refractivity (Wildman–Crippen MR) is 60.3 cm³/mol. The average Bonchev–Trinajstić information content (AvgIpc) is 2.78. The summed E-state index contributed by atoms with van der Waals surface area (Å²) in [5, 5.41) is 13.4. The normalized spacial score (nSPS) is 21.2. The van der Waals surface area contributed by atoms with Crippen LogP contribution in [-0.2, 0) is 0 Å². The number of aliphatic hydroxyl groups is 1. The molecule has 0 saturated heterocycles. The van der Waals surface area contributed by atoms with Crippen LogP contribution in [0.3, 0.4) is 0 Å². The van der Waals surface area contributed by atoms with Crippen LogP contribution in [0.5, 0.6) is 0 Å². The molecule has 1 rings (SSSR count). The second-order valence-electron chi connectivity index (χ2n) is 5.50. The zero-order chi connectivity index (χ0) is 10.6. The first-order chi connectivity index (χ1) is 6.49. The van der Waals surface area contributed by atoms with Crippen LogP contribution >= 0.6 is 0 Å². The molecule has 1 fully saturated rings. The molecule has 1 atom stereocenters. The highest BCUT2D eigenvalue weighted by atomic mass is 16.3. The van der Waals surface area contributed by atoms with Gasteiger partial charge in [0.15, 0.2) is 0 Å². The van der Waals surface area contributed by atoms with Gasteiger partial charge in [0.05, 0.1) is 5.60 Å². The summed E-state index contributed by atoms with van der Waals surface area (Å²) in [5.74, 6) is 1.55. The van der Waals surface area contributed by atoms with Gasteiger partial charge in [-0.25, -0.2) is 0 Å². The maximum atomic E-state index is 10.0. The molecule has 0 bridgehead atoms. The molecule has 0 heterocycles. The Balaban J connectivity index is 2.01. The van der Waals surface area contributed by atoms with E-state index in [1.165, 1.54) is 19.3 Å². The van der Waals surface area contributed by atoms with Gasteiger partial charge in [-0.05, 0) is 38.1 Å². The molecule has 1 saturated carbocycles. The Labute approximate surface area is 88.1 Å². The Morgan fingerprint density at radius 2 is 2.07 bits per heavy atom. The number of hydrogen-bond acceptors (Lipinski definition) is 2. The number of rotatable bonds is 7. The lowest BCUT2D eigenvalue weighted by atomic mass is 9.94. The smallest absolute Gasteiger partial charge is 0.0746 e. The van der Waals surface area contributed by atoms with Crippen LogP contribution < -0.4 is 5.32 Å². The highest BCUT2D eigenvalue weighted by Gasteiger charge is 2.23. The van der Waals surface area contributed by atoms with Crippen LogP contribution in [0.25, 0.3) is 0 Å². The molecule has 1 aliphatic carbocycles. The van der Waals surface area contributed by atoms with Gasteiger partial charge < -0.3 is 10.4 Å². The molecule has 84 valence electrons. The van der Waals surface area contributed by atoms with Crippen molar-refractivity contribution in [2.75, 3.05) is 13.1 Å². The van der Waals surface area contributed by atoms with E-state index in [0.717, 1.165) is 25.4 Å². The van der Waals surface area contributed by atoms with Crippen molar-refractivity contribution in [3.05, 3.63) is 0 Å². The SMILES string of the molecule is CC(C)CC(C)(O)CNCCC1CC1. The maximum absolute atomic E-state index is 10.0. The van der Waals surface area contributed by atoms with E-state index in [2.05, 4.69) is 19.2 Å². The molecule has 2 N–H and O–H groups in total. The average molecular weight is 199 g/mol. The van der Waals surface area contributed by atoms with E-state index in [1.54, 1.807) is 0 Å². The molecule has 0 aromatic rings. The topological polar surface area (TPSA) is 32.3 Å². The first-order valence-electron chi connectivity index (χ1n) is 5.93. The summed E-state index contributed by atoms with van der Waals surface area (Å²) in [6.07, 6.45) is 5.01. The Kier molecular flexibility index (Phi) is 4.39. The van der Waals surface area contributed by atoms with Crippen LogP contribution in [-0.4, -0.2) is 23.8 Å². The summed E-state index contributed by atoms with van der Waals surface area (Å²) in [5.41, 5.74) is -0.530. The van der Waals surface area contributed by atoms with Crippen molar-refractivity contribution in [3.8, 4) is 0 Å². The molecule has 2 nitrogen and oxygen atoms in total. The van der Waals surface area contributed by atoms with Gasteiger partial charge in [-0.3, -0.25) is 0 Å². The molecule has 0 spiro atoms. The molecule has 0 aromatic heterocycles. The fraction of sp³-hybridized carbons (Fsp3) is 1.00. The van der Waals surface area contributed by atoms with E-state index in [9.17, 15) is 5.11 Å². The largest absolute Gasteiger partial charge is 0.389 e. The van der Waals surface area contributed by atoms with E-state index >= 15 is 0 Å². The summed E-state index contributed by atoms with van der Waals surface area (Å²) in [7, 11) is 0. The van der Waals surface area contributed by atoms with Gasteiger partial charge in [-0.2, -0.15) is 0 Å². The molecule has 1 aliphatic rings. The quantitative estimate of drug-likeness (QED) is 0.616. The van der Waals surface area contributed by atoms with E-state index in [4.69, 9.17) is 0 Å². The van der Waals surface area contributed by atoms with Crippen LogP contribution in [0.4, 0.5) is 0 Å². The van der Waals surface area contributed by atoms with Gasteiger partial charge in [0.25, 0.3) is 0 Å². The van der Waals surface area contributed by atoms with Gasteiger partial charge in [0.1, 0.15) is 0 Å². The van der Waals surface area contributed by atoms with Crippen LogP contribution in [0, 0.1) is 11.8 Å². The highest BCUT2D eigenvalue weighted by molar-refractivity contribution is 4.78. The molecular weight excluding hydrogens is 174 g/mol. The molecule has 0 aromatic carbocycles. The predicted octanol–water partition coefficient (Wildman–Crippen LogP) is 2.17. The lowest BCUT2D eigenvalue weighted by Crippen LogP contribution is -2.39. The van der Waals surface area contributed by atoms with Crippen molar-refractivity contribution in [1.29, 1.82) is 0 Å². The van der Waals surface area contributed by atoms with Crippen LogP contribution in [0.1, 0.15) is 46.5 Å². The zero-order valence-corrected chi connectivity index (χ0v) is 9.84. The molecule has 0 amide bonds. The Bertz CT molecular complexity index is 162. The van der Waals surface area contributed by atoms with Crippen molar-refractivity contribution < 1.29 is 5.11 Å². The van der Waals surface area contributed by atoms with Gasteiger partial charge in [-0.15, -0.1) is 0 Å². The van der Waals surface area contributed by atoms with Crippen molar-refractivity contribution in [3.63, 3.8) is 0 Å². The molecule has 1 unspecified atom stereocenters. The lowest BCUT2D eigenvalue weighted by molar-refractivity contribution is 0.0386. The zero-order valence-electron chi connectivity index (χ0n) is 9.84. The van der Waals surface area contributed by atoms with Crippen LogP contribution in [0.15, 0.2) is 0 Å². The molecular formula is C12H25NO. The third-order valence-electron chi connectivity index (χ3n) is 2.78. The minimum Gasteiger partial charge on any atom is -0.389 e. The van der Waals surface area contributed by atoms with E-state index in [-0.39, 0.29) is 0 Å². The van der Waals surface area contributed by atoms with Crippen molar-refractivity contribution >= 4 is 0 Å². The number of hydrogen-bond donors (Lipinski definition) is 2. The van der Waals surface area contributed by atoms with Gasteiger partial charge in [0.2, 0.25) is 0 Å². The Hall–Kier alpha value is -0.0800. The summed E-state index contributed by atoms with van der Waals surface area (Å²) in [4.78, 5) is 0. The summed E-state index contributed by atoms with van der Waals surface area (Å²) < 4.78 is 0. The maximum Gasteiger partial charge on any atom is 0.0746 e. The van der Waals surface area contributed by atoms with Crippen molar-refractivity contribution in [2.24, 2.45) is 11.8 Å². The van der Waals surface area contributed by atoms with Gasteiger partial charge in [-0.1, -0.05) is 26.7 Å². The number of nitrogens with one attached hydrogen (secondary N) is 1. The molecule has 0 aliphatic heterocycles. The standard InChI is InChI=1S/C12H25NO/c1-10(2)8-12(3,14)9-13-7-6-11-4-5-11/h10-11,13-14H,4-9H2,1-3H3. The third-order valence-corrected chi connectivity index (χ3v) is 2.78. The monoisotopic (exact) mass is 199 g/mol. The molecule has 0 radical (unpaired) electrons. The first-order valence-corrected chi connectivity index (χ1v) is 5.93. The minimum absolute atomic E-state index is 0.530. The van der Waals surface area contributed by atoms with Gasteiger partial charge >= 0.3 is 0 Å². The molecule has 2 heteroatoms. The fourth-order valence-corrected chi connectivity index (χ4v) is 2.02. The molecule has 14 heavy (non-hydrogen) atoms. The second kappa shape index (κ2) is 5.13. The lowest BCUT2D eigenvalue weighted by Gasteiger charge is -2.25. The summed E-state index contributed by atoms with van der Waals surface area (Å²) in [6.45, 7) is 8.03. The van der Waals surface area contributed by atoms with Gasteiger partial charge in [0, 0.05) is 6.54 Å². The minimum atomic E-state index is -0.530. The first kappa shape index (κ1) is 12.0. The van der Waals surface area contributed by atoms with E-state index in [1.807, 2.05) is 6.92 Å². The highest BCUT2D eigenvalue weighted by Crippen LogP contribution is 2.31. The van der Waals surface area contributed by atoms with Crippen LogP contribution in [0.2, 0.25) is 0 Å². The third kappa shape index (κ3) is 5.61. The summed E-state index contributed by atoms with van der Waals surface area (Å²) in [6, 6.07) is 0. The summed E-state index contributed by atoms with van der Waals surface area (Å²) >= 11 is 0. The van der Waals surface area contributed by atoms with Crippen molar-refractivity contribution in [1.82, 2.24) is 5.32 Å².